The molecular formula is C19H19F3N2O4S. The van der Waals surface area contributed by atoms with Crippen LogP contribution in [0, 0.1) is 0 Å². The summed E-state index contributed by atoms with van der Waals surface area (Å²) in [5, 5.41) is 9.78. The molecule has 0 saturated heterocycles. The second kappa shape index (κ2) is 8.79. The van der Waals surface area contributed by atoms with Gasteiger partial charge >= 0.3 is 6.18 Å². The summed E-state index contributed by atoms with van der Waals surface area (Å²) >= 11 is 0. The van der Waals surface area contributed by atoms with Crippen LogP contribution in [0.25, 0.3) is 5.57 Å². The van der Waals surface area contributed by atoms with Gasteiger partial charge in [-0.1, -0.05) is 12.1 Å². The number of hydroxylamine groups is 2. The summed E-state index contributed by atoms with van der Waals surface area (Å²) in [5.74, 6) is -0.782. The summed E-state index contributed by atoms with van der Waals surface area (Å²) in [4.78, 5) is 11.6. The molecule has 10 heteroatoms. The van der Waals surface area contributed by atoms with Gasteiger partial charge in [-0.25, -0.2) is 13.5 Å². The Balaban J connectivity index is 2.19. The molecule has 0 aromatic heterocycles. The minimum atomic E-state index is -4.45. The number of carbonyl (C=O) groups is 1. The third kappa shape index (κ3) is 5.45. The van der Waals surface area contributed by atoms with Crippen LogP contribution >= 0.6 is 0 Å². The highest BCUT2D eigenvalue weighted by Crippen LogP contribution is 2.30. The van der Waals surface area contributed by atoms with Crippen LogP contribution < -0.4 is 0 Å². The fourth-order valence-corrected chi connectivity index (χ4v) is 3.51. The Hall–Kier alpha value is -2.65. The third-order valence-electron chi connectivity index (χ3n) is 4.08. The number of rotatable bonds is 6. The van der Waals surface area contributed by atoms with Crippen LogP contribution in [0.2, 0.25) is 0 Å². The van der Waals surface area contributed by atoms with E-state index in [1.54, 1.807) is 0 Å². The van der Waals surface area contributed by atoms with Crippen LogP contribution in [-0.4, -0.2) is 49.0 Å². The summed E-state index contributed by atoms with van der Waals surface area (Å²) in [5.41, 5.74) is 2.85. The monoisotopic (exact) mass is 428 g/mol. The molecule has 0 radical (unpaired) electrons. The maximum atomic E-state index is 12.7. The first-order valence-electron chi connectivity index (χ1n) is 8.45. The molecular weight excluding hydrogens is 409 g/mol. The molecule has 1 N–H and O–H groups in total. The summed E-state index contributed by atoms with van der Waals surface area (Å²) in [7, 11) is -2.84. The van der Waals surface area contributed by atoms with Crippen LogP contribution in [0.4, 0.5) is 13.2 Å². The number of nitrogens with zero attached hydrogens (tertiary/aromatic N) is 2. The van der Waals surface area contributed by atoms with E-state index in [4.69, 9.17) is 0 Å². The van der Waals surface area contributed by atoms with Crippen molar-refractivity contribution in [1.82, 2.24) is 9.37 Å². The topological polar surface area (TPSA) is 77.9 Å². The van der Waals surface area contributed by atoms with Crippen molar-refractivity contribution in [2.45, 2.75) is 13.1 Å². The van der Waals surface area contributed by atoms with Crippen LogP contribution in [0.15, 0.2) is 59.2 Å². The van der Waals surface area contributed by atoms with Gasteiger partial charge in [-0.05, 0) is 48.9 Å². The maximum Gasteiger partial charge on any atom is 0.416 e. The average molecular weight is 428 g/mol. The van der Waals surface area contributed by atoms with E-state index < -0.39 is 34.2 Å². The van der Waals surface area contributed by atoms with Gasteiger partial charge in [-0.2, -0.15) is 17.5 Å². The quantitative estimate of drug-likeness (QED) is 0.429. The van der Waals surface area contributed by atoms with Crippen molar-refractivity contribution in [3.05, 3.63) is 70.3 Å². The number of allylic oxidation sites excluding steroid dienone is 4. The lowest BCUT2D eigenvalue weighted by molar-refractivity contribution is -0.164. The highest BCUT2D eigenvalue weighted by atomic mass is 32.2. The Bertz CT molecular complexity index is 1000. The van der Waals surface area contributed by atoms with Crippen molar-refractivity contribution < 1.29 is 31.6 Å². The zero-order valence-corrected chi connectivity index (χ0v) is 16.5. The number of sulfonamides is 1. The SMILES string of the molecule is CCN(O)C(=O)CN(C)S(=O)(=O)C1=CC=C=C(c2ccc(C(F)(F)F)cc2)C=C1. The number of hydrogen-bond donors (Lipinski definition) is 1. The van der Waals surface area contributed by atoms with Crippen LogP contribution in [0.5, 0.6) is 0 Å². The zero-order chi connectivity index (χ0) is 21.8. The third-order valence-corrected chi connectivity index (χ3v) is 5.90. The molecule has 6 nitrogen and oxygen atoms in total. The van der Waals surface area contributed by atoms with Gasteiger partial charge in [0.1, 0.15) is 0 Å². The van der Waals surface area contributed by atoms with E-state index in [2.05, 4.69) is 5.73 Å². The molecule has 1 aliphatic rings. The van der Waals surface area contributed by atoms with Gasteiger partial charge in [0.05, 0.1) is 17.0 Å². The molecule has 0 unspecified atom stereocenters. The molecule has 0 fully saturated rings. The minimum Gasteiger partial charge on any atom is -0.286 e. The van der Waals surface area contributed by atoms with Crippen LogP contribution in [0.1, 0.15) is 18.1 Å². The molecule has 0 spiro atoms. The second-order valence-corrected chi connectivity index (χ2v) is 8.12. The van der Waals surface area contributed by atoms with E-state index in [1.807, 2.05) is 0 Å². The lowest BCUT2D eigenvalue weighted by Crippen LogP contribution is -2.39. The zero-order valence-electron chi connectivity index (χ0n) is 15.6. The highest BCUT2D eigenvalue weighted by molar-refractivity contribution is 7.93. The van der Waals surface area contributed by atoms with Gasteiger partial charge in [-0.15, -0.1) is 5.73 Å². The molecule has 29 heavy (non-hydrogen) atoms. The van der Waals surface area contributed by atoms with Crippen molar-refractivity contribution in [3.8, 4) is 0 Å². The minimum absolute atomic E-state index is 0.0124. The Kier molecular flexibility index (Phi) is 6.86. The number of hydrogen-bond acceptors (Lipinski definition) is 4. The first-order valence-corrected chi connectivity index (χ1v) is 9.89. The van der Waals surface area contributed by atoms with Crippen molar-refractivity contribution in [1.29, 1.82) is 0 Å². The van der Waals surface area contributed by atoms with Crippen molar-refractivity contribution in [2.75, 3.05) is 20.1 Å². The van der Waals surface area contributed by atoms with E-state index in [-0.39, 0.29) is 11.4 Å². The summed E-state index contributed by atoms with van der Waals surface area (Å²) in [6.07, 6.45) is 0.834. The molecule has 0 atom stereocenters. The van der Waals surface area contributed by atoms with E-state index in [0.717, 1.165) is 16.4 Å². The molecule has 0 heterocycles. The Morgan fingerprint density at radius 1 is 1.17 bits per heavy atom. The molecule has 1 aromatic carbocycles. The number of amides is 1. The Labute approximate surface area is 166 Å². The second-order valence-electron chi connectivity index (χ2n) is 6.07. The molecule has 1 amide bonds. The Morgan fingerprint density at radius 3 is 2.34 bits per heavy atom. The molecule has 0 saturated carbocycles. The number of halogens is 3. The standard InChI is InChI=1S/C19H19F3N2O4S/c1-3-24(26)18(25)13-23(2)29(27,28)17-6-4-5-14(9-12-17)15-7-10-16(11-8-15)19(20,21)22/h4,6-12,26H,3,13H2,1-2H3. The van der Waals surface area contributed by atoms with Gasteiger partial charge < -0.3 is 0 Å². The largest absolute Gasteiger partial charge is 0.416 e. The van der Waals surface area contributed by atoms with Crippen LogP contribution in [0.3, 0.4) is 0 Å². The number of benzene rings is 1. The van der Waals surface area contributed by atoms with Gasteiger partial charge in [0.2, 0.25) is 10.0 Å². The fraction of sp³-hybridized carbons (Fsp3) is 0.263. The van der Waals surface area contributed by atoms with E-state index in [0.29, 0.717) is 16.2 Å². The van der Waals surface area contributed by atoms with E-state index >= 15 is 0 Å². The van der Waals surface area contributed by atoms with Crippen LogP contribution in [-0.2, 0) is 21.0 Å². The Morgan fingerprint density at radius 2 is 1.79 bits per heavy atom. The van der Waals surface area contributed by atoms with Gasteiger partial charge in [-0.3, -0.25) is 10.0 Å². The lowest BCUT2D eigenvalue weighted by atomic mass is 10.0. The fourth-order valence-electron chi connectivity index (χ4n) is 2.39. The lowest BCUT2D eigenvalue weighted by Gasteiger charge is -2.19. The molecule has 1 aromatic rings. The predicted molar refractivity (Wildman–Crippen MR) is 101 cm³/mol. The summed E-state index contributed by atoms with van der Waals surface area (Å²) in [6, 6.07) is 4.41. The molecule has 0 bridgehead atoms. The molecule has 0 aliphatic heterocycles. The highest BCUT2D eigenvalue weighted by Gasteiger charge is 2.30. The van der Waals surface area contributed by atoms with E-state index in [1.165, 1.54) is 50.4 Å². The number of carbonyl (C=O) groups excluding carboxylic acids is 1. The van der Waals surface area contributed by atoms with Gasteiger partial charge in [0.15, 0.2) is 0 Å². The molecule has 156 valence electrons. The predicted octanol–water partition coefficient (Wildman–Crippen LogP) is 3.20. The first kappa shape index (κ1) is 22.6. The van der Waals surface area contributed by atoms with Crippen molar-refractivity contribution in [2.24, 2.45) is 0 Å². The van der Waals surface area contributed by atoms with E-state index in [9.17, 15) is 31.6 Å². The maximum absolute atomic E-state index is 12.7. The smallest absolute Gasteiger partial charge is 0.286 e. The molecule has 1 aliphatic carbocycles. The summed E-state index contributed by atoms with van der Waals surface area (Å²) < 4.78 is 64.2. The van der Waals surface area contributed by atoms with Crippen molar-refractivity contribution >= 4 is 21.5 Å². The van der Waals surface area contributed by atoms with Gasteiger partial charge in [0, 0.05) is 19.2 Å². The van der Waals surface area contributed by atoms with Gasteiger partial charge in [0.25, 0.3) is 5.91 Å². The average Bonchev–Trinajstić information content (AvgIpc) is 2.93. The molecule has 2 rings (SSSR count). The first-order chi connectivity index (χ1) is 13.5. The summed E-state index contributed by atoms with van der Waals surface area (Å²) in [6.45, 7) is 0.988. The normalized spacial score (nSPS) is 14.4. The number of likely N-dealkylation sites (N-methyl/N-ethyl adjacent to an activating group) is 2. The van der Waals surface area contributed by atoms with Crippen molar-refractivity contribution in [3.63, 3.8) is 0 Å². The number of alkyl halides is 3.